The van der Waals surface area contributed by atoms with Crippen LogP contribution in [0.2, 0.25) is 0 Å². The predicted octanol–water partition coefficient (Wildman–Crippen LogP) is 2.97. The van der Waals surface area contributed by atoms with Gasteiger partial charge in [0.05, 0.1) is 0 Å². The van der Waals surface area contributed by atoms with Gasteiger partial charge in [-0.05, 0) is 49.4 Å². The molecule has 1 aliphatic heterocycles. The smallest absolute Gasteiger partial charge is 0.225 e. The molecule has 0 bridgehead atoms. The lowest BCUT2D eigenvalue weighted by Crippen LogP contribution is -2.27. The van der Waals surface area contributed by atoms with Crippen LogP contribution in [0.1, 0.15) is 38.7 Å². The van der Waals surface area contributed by atoms with Gasteiger partial charge < -0.3 is 10.6 Å². The van der Waals surface area contributed by atoms with E-state index in [0.717, 1.165) is 25.1 Å². The molecule has 1 atom stereocenters. The van der Waals surface area contributed by atoms with Crippen LogP contribution in [-0.2, 0) is 11.2 Å². The molecule has 1 aliphatic rings. The van der Waals surface area contributed by atoms with Gasteiger partial charge in [-0.3, -0.25) is 4.79 Å². The van der Waals surface area contributed by atoms with Gasteiger partial charge in [-0.1, -0.05) is 26.0 Å². The van der Waals surface area contributed by atoms with Crippen LogP contribution in [0, 0.1) is 5.92 Å². The largest absolute Gasteiger partial charge is 0.326 e. The van der Waals surface area contributed by atoms with Crippen LogP contribution in [0.4, 0.5) is 5.69 Å². The number of nitrogens with one attached hydrogen (secondary N) is 2. The minimum absolute atomic E-state index is 0.107. The molecule has 0 spiro atoms. The van der Waals surface area contributed by atoms with Crippen molar-refractivity contribution in [2.75, 3.05) is 11.9 Å². The van der Waals surface area contributed by atoms with Crippen molar-refractivity contribution >= 4 is 11.6 Å². The summed E-state index contributed by atoms with van der Waals surface area (Å²) in [5, 5.41) is 6.31. The van der Waals surface area contributed by atoms with Crippen LogP contribution in [-0.4, -0.2) is 18.5 Å². The van der Waals surface area contributed by atoms with Gasteiger partial charge in [0, 0.05) is 18.2 Å². The maximum absolute atomic E-state index is 11.9. The molecule has 1 heterocycles. The molecule has 0 aromatic heterocycles. The van der Waals surface area contributed by atoms with E-state index in [1.54, 1.807) is 0 Å². The third-order valence-electron chi connectivity index (χ3n) is 3.48. The van der Waals surface area contributed by atoms with E-state index in [1.165, 1.54) is 12.0 Å². The zero-order valence-corrected chi connectivity index (χ0v) is 11.9. The van der Waals surface area contributed by atoms with E-state index >= 15 is 0 Å². The Morgan fingerprint density at radius 2 is 2.11 bits per heavy atom. The second-order valence-corrected chi connectivity index (χ2v) is 5.84. The highest BCUT2D eigenvalue weighted by molar-refractivity contribution is 5.91. The van der Waals surface area contributed by atoms with Crippen LogP contribution >= 0.6 is 0 Å². The van der Waals surface area contributed by atoms with Crippen LogP contribution in [0.5, 0.6) is 0 Å². The lowest BCUT2D eigenvalue weighted by molar-refractivity contribution is -0.116. The number of carbonyl (C=O) groups is 1. The SMILES string of the molecule is CC(C)Cc1ccc(NC(=O)CC2CCCN2)cc1. The Hall–Kier alpha value is -1.35. The predicted molar refractivity (Wildman–Crippen MR) is 79.3 cm³/mol. The fourth-order valence-corrected chi connectivity index (χ4v) is 2.56. The summed E-state index contributed by atoms with van der Waals surface area (Å²) in [6.07, 6.45) is 3.95. The lowest BCUT2D eigenvalue weighted by Gasteiger charge is -2.11. The average Bonchev–Trinajstić information content (AvgIpc) is 2.83. The molecule has 1 aromatic rings. The molecular formula is C16H24N2O. The quantitative estimate of drug-likeness (QED) is 0.854. The zero-order valence-electron chi connectivity index (χ0n) is 11.9. The van der Waals surface area contributed by atoms with Gasteiger partial charge in [0.15, 0.2) is 0 Å². The molecule has 2 rings (SSSR count). The summed E-state index contributed by atoms with van der Waals surface area (Å²) in [5.41, 5.74) is 2.22. The molecule has 3 nitrogen and oxygen atoms in total. The Balaban J connectivity index is 1.82. The minimum atomic E-state index is 0.107. The van der Waals surface area contributed by atoms with Gasteiger partial charge in [-0.2, -0.15) is 0 Å². The third kappa shape index (κ3) is 4.67. The van der Waals surface area contributed by atoms with E-state index in [4.69, 9.17) is 0 Å². The molecule has 1 fully saturated rings. The van der Waals surface area contributed by atoms with Gasteiger partial charge in [0.1, 0.15) is 0 Å². The van der Waals surface area contributed by atoms with Crippen molar-refractivity contribution in [3.8, 4) is 0 Å². The normalized spacial score (nSPS) is 18.8. The van der Waals surface area contributed by atoms with Crippen LogP contribution in [0.3, 0.4) is 0 Å². The van der Waals surface area contributed by atoms with Gasteiger partial charge in [0.25, 0.3) is 0 Å². The monoisotopic (exact) mass is 260 g/mol. The topological polar surface area (TPSA) is 41.1 Å². The standard InChI is InChI=1S/C16H24N2O/c1-12(2)10-13-5-7-14(8-6-13)18-16(19)11-15-4-3-9-17-15/h5-8,12,15,17H,3-4,9-11H2,1-2H3,(H,18,19). The van der Waals surface area contributed by atoms with E-state index in [9.17, 15) is 4.79 Å². The Morgan fingerprint density at radius 1 is 1.37 bits per heavy atom. The fraction of sp³-hybridized carbons (Fsp3) is 0.562. The van der Waals surface area contributed by atoms with Crippen molar-refractivity contribution in [1.82, 2.24) is 5.32 Å². The average molecular weight is 260 g/mol. The maximum Gasteiger partial charge on any atom is 0.225 e. The molecular weight excluding hydrogens is 236 g/mol. The van der Waals surface area contributed by atoms with Crippen molar-refractivity contribution in [2.24, 2.45) is 5.92 Å². The van der Waals surface area contributed by atoms with Gasteiger partial charge in [0.2, 0.25) is 5.91 Å². The summed E-state index contributed by atoms with van der Waals surface area (Å²) in [4.78, 5) is 11.9. The Labute approximate surface area is 115 Å². The maximum atomic E-state index is 11.9. The molecule has 0 radical (unpaired) electrons. The highest BCUT2D eigenvalue weighted by Crippen LogP contribution is 2.14. The van der Waals surface area contributed by atoms with Crippen LogP contribution < -0.4 is 10.6 Å². The first kappa shape index (κ1) is 14.1. The fourth-order valence-electron chi connectivity index (χ4n) is 2.56. The summed E-state index contributed by atoms with van der Waals surface area (Å²) in [6.45, 7) is 5.47. The number of hydrogen-bond donors (Lipinski definition) is 2. The number of hydrogen-bond acceptors (Lipinski definition) is 2. The van der Waals surface area contributed by atoms with E-state index in [2.05, 4.69) is 36.6 Å². The van der Waals surface area contributed by atoms with Crippen LogP contribution in [0.15, 0.2) is 24.3 Å². The highest BCUT2D eigenvalue weighted by Gasteiger charge is 2.17. The molecule has 0 saturated carbocycles. The number of benzene rings is 1. The molecule has 1 amide bonds. The summed E-state index contributed by atoms with van der Waals surface area (Å²) < 4.78 is 0. The number of rotatable bonds is 5. The summed E-state index contributed by atoms with van der Waals surface area (Å²) in [5.74, 6) is 0.768. The Bertz CT molecular complexity index is 405. The first-order chi connectivity index (χ1) is 9.13. The highest BCUT2D eigenvalue weighted by atomic mass is 16.1. The van der Waals surface area contributed by atoms with Crippen molar-refractivity contribution in [2.45, 2.75) is 45.6 Å². The van der Waals surface area contributed by atoms with E-state index in [1.807, 2.05) is 12.1 Å². The molecule has 1 aromatic carbocycles. The second kappa shape index (κ2) is 6.71. The molecule has 19 heavy (non-hydrogen) atoms. The third-order valence-corrected chi connectivity index (χ3v) is 3.48. The molecule has 1 unspecified atom stereocenters. The zero-order chi connectivity index (χ0) is 13.7. The summed E-state index contributed by atoms with van der Waals surface area (Å²) >= 11 is 0. The summed E-state index contributed by atoms with van der Waals surface area (Å²) in [6, 6.07) is 8.56. The van der Waals surface area contributed by atoms with E-state index in [0.29, 0.717) is 18.4 Å². The van der Waals surface area contributed by atoms with Gasteiger partial charge in [-0.25, -0.2) is 0 Å². The minimum Gasteiger partial charge on any atom is -0.326 e. The van der Waals surface area contributed by atoms with Crippen LogP contribution in [0.25, 0.3) is 0 Å². The molecule has 1 saturated heterocycles. The molecule has 2 N–H and O–H groups in total. The number of anilines is 1. The first-order valence-electron chi connectivity index (χ1n) is 7.25. The van der Waals surface area contributed by atoms with Crippen molar-refractivity contribution in [3.05, 3.63) is 29.8 Å². The van der Waals surface area contributed by atoms with Gasteiger partial charge >= 0.3 is 0 Å². The Kier molecular flexibility index (Phi) is 4.97. The van der Waals surface area contributed by atoms with Crippen molar-refractivity contribution in [1.29, 1.82) is 0 Å². The summed E-state index contributed by atoms with van der Waals surface area (Å²) in [7, 11) is 0. The molecule has 3 heteroatoms. The number of amides is 1. The molecule has 104 valence electrons. The molecule has 0 aliphatic carbocycles. The first-order valence-corrected chi connectivity index (χ1v) is 7.25. The van der Waals surface area contributed by atoms with E-state index in [-0.39, 0.29) is 5.91 Å². The number of carbonyl (C=O) groups excluding carboxylic acids is 1. The second-order valence-electron chi connectivity index (χ2n) is 5.84. The van der Waals surface area contributed by atoms with E-state index < -0.39 is 0 Å². The van der Waals surface area contributed by atoms with Crippen molar-refractivity contribution < 1.29 is 4.79 Å². The van der Waals surface area contributed by atoms with Gasteiger partial charge in [-0.15, -0.1) is 0 Å². The lowest BCUT2D eigenvalue weighted by atomic mass is 10.0. The van der Waals surface area contributed by atoms with Crippen molar-refractivity contribution in [3.63, 3.8) is 0 Å². The Morgan fingerprint density at radius 3 is 2.68 bits per heavy atom.